The molecule has 0 aliphatic rings. The molecule has 120 valence electrons. The van der Waals surface area contributed by atoms with Crippen LogP contribution in [0, 0.1) is 0 Å². The maximum Gasteiger partial charge on any atom is 0.320 e. The first-order valence-electron chi connectivity index (χ1n) is 7.38. The molecule has 0 aliphatic carbocycles. The second-order valence-corrected chi connectivity index (χ2v) is 5.27. The van der Waals surface area contributed by atoms with E-state index in [1.54, 1.807) is 0 Å². The van der Waals surface area contributed by atoms with E-state index < -0.39 is 18.0 Å². The average Bonchev–Trinajstić information content (AvgIpc) is 2.55. The molecule has 2 aromatic rings. The zero-order valence-electron chi connectivity index (χ0n) is 12.6. The standard InChI is InChI=1S/C18H19NO4/c20-17(21)10-9-16(18(22)23)19-12-13-5-4-8-15(11-13)14-6-2-1-3-7-14/h1-8,11,16,19H,9-10,12H2,(H,20,21)(H,22,23). The van der Waals surface area contributed by atoms with Crippen LogP contribution in [0.5, 0.6) is 0 Å². The van der Waals surface area contributed by atoms with Crippen LogP contribution in [-0.4, -0.2) is 28.2 Å². The van der Waals surface area contributed by atoms with Crippen LogP contribution in [0.4, 0.5) is 0 Å². The van der Waals surface area contributed by atoms with Gasteiger partial charge >= 0.3 is 11.9 Å². The first-order chi connectivity index (χ1) is 11.1. The van der Waals surface area contributed by atoms with Crippen LogP contribution in [0.3, 0.4) is 0 Å². The van der Waals surface area contributed by atoms with E-state index in [0.29, 0.717) is 6.54 Å². The molecular weight excluding hydrogens is 294 g/mol. The molecular formula is C18H19NO4. The molecule has 0 aromatic heterocycles. The van der Waals surface area contributed by atoms with E-state index in [9.17, 15) is 9.59 Å². The lowest BCUT2D eigenvalue weighted by molar-refractivity contribution is -0.140. The van der Waals surface area contributed by atoms with Crippen molar-refractivity contribution in [2.45, 2.75) is 25.4 Å². The fourth-order valence-electron chi connectivity index (χ4n) is 2.31. The Balaban J connectivity index is 2.02. The molecule has 1 unspecified atom stereocenters. The number of nitrogens with one attached hydrogen (secondary N) is 1. The number of carboxylic acids is 2. The number of rotatable bonds is 8. The van der Waals surface area contributed by atoms with Crippen LogP contribution in [0.1, 0.15) is 18.4 Å². The van der Waals surface area contributed by atoms with Gasteiger partial charge in [0.15, 0.2) is 0 Å². The lowest BCUT2D eigenvalue weighted by atomic mass is 10.0. The minimum absolute atomic E-state index is 0.0586. The van der Waals surface area contributed by atoms with Gasteiger partial charge in [-0.15, -0.1) is 0 Å². The summed E-state index contributed by atoms with van der Waals surface area (Å²) >= 11 is 0. The van der Waals surface area contributed by atoms with E-state index in [1.165, 1.54) is 0 Å². The highest BCUT2D eigenvalue weighted by atomic mass is 16.4. The molecule has 0 spiro atoms. The molecule has 3 N–H and O–H groups in total. The highest BCUT2D eigenvalue weighted by molar-refractivity contribution is 5.75. The van der Waals surface area contributed by atoms with Crippen molar-refractivity contribution in [3.8, 4) is 11.1 Å². The zero-order chi connectivity index (χ0) is 16.7. The van der Waals surface area contributed by atoms with E-state index in [-0.39, 0.29) is 12.8 Å². The predicted molar refractivity (Wildman–Crippen MR) is 87.0 cm³/mol. The van der Waals surface area contributed by atoms with E-state index in [2.05, 4.69) is 5.32 Å². The van der Waals surface area contributed by atoms with Crippen LogP contribution in [0.25, 0.3) is 11.1 Å². The molecule has 5 heteroatoms. The van der Waals surface area contributed by atoms with Crippen LogP contribution < -0.4 is 5.32 Å². The minimum atomic E-state index is -1.04. The predicted octanol–water partition coefficient (Wildman–Crippen LogP) is 2.76. The minimum Gasteiger partial charge on any atom is -0.481 e. The van der Waals surface area contributed by atoms with Gasteiger partial charge in [-0.2, -0.15) is 0 Å². The molecule has 2 aromatic carbocycles. The van der Waals surface area contributed by atoms with Crippen molar-refractivity contribution < 1.29 is 19.8 Å². The van der Waals surface area contributed by atoms with Crippen LogP contribution >= 0.6 is 0 Å². The maximum atomic E-state index is 11.2. The van der Waals surface area contributed by atoms with Crippen molar-refractivity contribution in [3.63, 3.8) is 0 Å². The lowest BCUT2D eigenvalue weighted by Gasteiger charge is -2.14. The number of carbonyl (C=O) groups is 2. The van der Waals surface area contributed by atoms with Crippen molar-refractivity contribution in [1.82, 2.24) is 5.32 Å². The summed E-state index contributed by atoms with van der Waals surface area (Å²) in [6.45, 7) is 0.372. The fraction of sp³-hybridized carbons (Fsp3) is 0.222. The molecule has 0 aliphatic heterocycles. The molecule has 0 heterocycles. The van der Waals surface area contributed by atoms with Gasteiger partial charge in [0.2, 0.25) is 0 Å². The van der Waals surface area contributed by atoms with Gasteiger partial charge in [0, 0.05) is 13.0 Å². The molecule has 0 fully saturated rings. The number of aliphatic carboxylic acids is 2. The third-order valence-corrected chi connectivity index (χ3v) is 3.53. The van der Waals surface area contributed by atoms with Crippen molar-refractivity contribution in [2.75, 3.05) is 0 Å². The number of hydrogen-bond acceptors (Lipinski definition) is 3. The summed E-state index contributed by atoms with van der Waals surface area (Å²) < 4.78 is 0. The lowest BCUT2D eigenvalue weighted by Crippen LogP contribution is -2.36. The highest BCUT2D eigenvalue weighted by Gasteiger charge is 2.17. The van der Waals surface area contributed by atoms with Gasteiger partial charge in [-0.3, -0.25) is 9.59 Å². The summed E-state index contributed by atoms with van der Waals surface area (Å²) in [7, 11) is 0. The Morgan fingerprint density at radius 3 is 2.30 bits per heavy atom. The van der Waals surface area contributed by atoms with Crippen molar-refractivity contribution in [3.05, 3.63) is 60.2 Å². The largest absolute Gasteiger partial charge is 0.481 e. The number of benzene rings is 2. The second kappa shape index (κ2) is 8.10. The molecule has 0 saturated carbocycles. The van der Waals surface area contributed by atoms with Crippen molar-refractivity contribution >= 4 is 11.9 Å². The van der Waals surface area contributed by atoms with Crippen LogP contribution in [0.2, 0.25) is 0 Å². The Labute approximate surface area is 134 Å². The highest BCUT2D eigenvalue weighted by Crippen LogP contribution is 2.20. The molecule has 2 rings (SSSR count). The van der Waals surface area contributed by atoms with Gasteiger partial charge in [0.05, 0.1) is 0 Å². The average molecular weight is 313 g/mol. The fourth-order valence-corrected chi connectivity index (χ4v) is 2.31. The van der Waals surface area contributed by atoms with E-state index in [0.717, 1.165) is 16.7 Å². The van der Waals surface area contributed by atoms with E-state index >= 15 is 0 Å². The summed E-state index contributed by atoms with van der Waals surface area (Å²) in [5.41, 5.74) is 3.10. The first-order valence-corrected chi connectivity index (χ1v) is 7.38. The van der Waals surface area contributed by atoms with Crippen molar-refractivity contribution in [2.24, 2.45) is 0 Å². The molecule has 0 bridgehead atoms. The Kier molecular flexibility index (Phi) is 5.88. The Morgan fingerprint density at radius 2 is 1.65 bits per heavy atom. The van der Waals surface area contributed by atoms with Gasteiger partial charge in [-0.05, 0) is 29.2 Å². The zero-order valence-corrected chi connectivity index (χ0v) is 12.6. The summed E-state index contributed by atoms with van der Waals surface area (Å²) in [6, 6.07) is 16.9. The Morgan fingerprint density at radius 1 is 0.957 bits per heavy atom. The quantitative estimate of drug-likeness (QED) is 0.697. The number of carboxylic acid groups (broad SMARTS) is 2. The summed E-state index contributed by atoms with van der Waals surface area (Å²) in [5, 5.41) is 20.7. The van der Waals surface area contributed by atoms with Crippen LogP contribution in [0.15, 0.2) is 54.6 Å². The first kappa shape index (κ1) is 16.7. The Hall–Kier alpha value is -2.66. The molecule has 1 atom stereocenters. The normalized spacial score (nSPS) is 11.8. The Bertz CT molecular complexity index is 670. The van der Waals surface area contributed by atoms with Crippen LogP contribution in [-0.2, 0) is 16.1 Å². The van der Waals surface area contributed by atoms with Gasteiger partial charge in [0.1, 0.15) is 6.04 Å². The third-order valence-electron chi connectivity index (χ3n) is 3.53. The van der Waals surface area contributed by atoms with E-state index in [1.807, 2.05) is 54.6 Å². The van der Waals surface area contributed by atoms with Crippen molar-refractivity contribution in [1.29, 1.82) is 0 Å². The molecule has 0 amide bonds. The number of hydrogen-bond donors (Lipinski definition) is 3. The summed E-state index contributed by atoms with van der Waals surface area (Å²) in [4.78, 5) is 21.7. The maximum absolute atomic E-state index is 11.2. The SMILES string of the molecule is O=C(O)CCC(NCc1cccc(-c2ccccc2)c1)C(=O)O. The monoisotopic (exact) mass is 313 g/mol. The van der Waals surface area contributed by atoms with Gasteiger partial charge in [-0.1, -0.05) is 48.5 Å². The summed E-state index contributed by atoms with van der Waals surface area (Å²) in [5.74, 6) is -2.03. The molecule has 0 radical (unpaired) electrons. The second-order valence-electron chi connectivity index (χ2n) is 5.27. The van der Waals surface area contributed by atoms with Gasteiger partial charge in [-0.25, -0.2) is 0 Å². The van der Waals surface area contributed by atoms with Gasteiger partial charge in [0.25, 0.3) is 0 Å². The smallest absolute Gasteiger partial charge is 0.320 e. The van der Waals surface area contributed by atoms with Gasteiger partial charge < -0.3 is 15.5 Å². The molecule has 5 nitrogen and oxygen atoms in total. The third kappa shape index (κ3) is 5.23. The topological polar surface area (TPSA) is 86.6 Å². The molecule has 23 heavy (non-hydrogen) atoms. The van der Waals surface area contributed by atoms with E-state index in [4.69, 9.17) is 10.2 Å². The molecule has 0 saturated heterocycles. The summed E-state index contributed by atoms with van der Waals surface area (Å²) in [6.07, 6.45) is -0.114.